The van der Waals surface area contributed by atoms with Gasteiger partial charge in [0.15, 0.2) is 5.13 Å². The molecule has 0 fully saturated rings. The van der Waals surface area contributed by atoms with Gasteiger partial charge in [-0.1, -0.05) is 60.1 Å². The summed E-state index contributed by atoms with van der Waals surface area (Å²) in [5.41, 5.74) is 3.29. The van der Waals surface area contributed by atoms with Crippen molar-refractivity contribution in [3.8, 4) is 17.0 Å². The molecule has 0 aliphatic rings. The first-order valence-corrected chi connectivity index (χ1v) is 16.2. The number of thioether (sulfide) groups is 1. The number of nitrogens with one attached hydrogen (secondary N) is 3. The van der Waals surface area contributed by atoms with Crippen LogP contribution < -0.4 is 20.7 Å². The smallest absolute Gasteiger partial charge is 0.272 e. The molecule has 5 aromatic rings. The minimum absolute atomic E-state index is 0.0503. The lowest BCUT2D eigenvalue weighted by Gasteiger charge is -2.14. The second kappa shape index (κ2) is 15.4. The summed E-state index contributed by atoms with van der Waals surface area (Å²) in [5.74, 6) is -0.527. The summed E-state index contributed by atoms with van der Waals surface area (Å²) in [4.78, 5) is 44.8. The molecule has 0 radical (unpaired) electrons. The number of anilines is 2. The monoisotopic (exact) mass is 668 g/mol. The molecule has 3 amide bonds. The topological polar surface area (TPSA) is 109 Å². The molecule has 1 unspecified atom stereocenters. The zero-order valence-electron chi connectivity index (χ0n) is 24.8. The van der Waals surface area contributed by atoms with E-state index in [0.717, 1.165) is 16.2 Å². The molecule has 0 spiro atoms. The highest BCUT2D eigenvalue weighted by Gasteiger charge is 2.18. The van der Waals surface area contributed by atoms with Crippen LogP contribution in [0.3, 0.4) is 0 Å². The third kappa shape index (κ3) is 8.85. The molecule has 0 aliphatic carbocycles. The fraction of sp³-hybridized carbons (Fsp3) is 0.0857. The normalized spacial score (nSPS) is 11.8. The van der Waals surface area contributed by atoms with Crippen LogP contribution in [0.15, 0.2) is 119 Å². The Balaban J connectivity index is 1.26. The van der Waals surface area contributed by atoms with Crippen LogP contribution in [-0.2, 0) is 9.59 Å². The molecule has 0 bridgehead atoms. The predicted octanol–water partition coefficient (Wildman–Crippen LogP) is 8.00. The van der Waals surface area contributed by atoms with Crippen LogP contribution in [0.25, 0.3) is 17.3 Å². The lowest BCUT2D eigenvalue weighted by atomic mass is 10.1. The zero-order chi connectivity index (χ0) is 32.5. The van der Waals surface area contributed by atoms with Gasteiger partial charge in [0, 0.05) is 32.1 Å². The van der Waals surface area contributed by atoms with Crippen LogP contribution in [0.5, 0.6) is 5.75 Å². The highest BCUT2D eigenvalue weighted by atomic mass is 35.5. The van der Waals surface area contributed by atoms with E-state index in [4.69, 9.17) is 16.3 Å². The molecule has 4 aromatic carbocycles. The number of carbonyl (C=O) groups is 3. The van der Waals surface area contributed by atoms with Gasteiger partial charge < -0.3 is 20.7 Å². The molecule has 1 heterocycles. The van der Waals surface area contributed by atoms with Gasteiger partial charge in [-0.3, -0.25) is 14.4 Å². The summed E-state index contributed by atoms with van der Waals surface area (Å²) in [6, 6.07) is 30.3. The van der Waals surface area contributed by atoms with Crippen molar-refractivity contribution in [2.75, 3.05) is 17.7 Å². The van der Waals surface area contributed by atoms with Crippen molar-refractivity contribution >= 4 is 69.3 Å². The third-order valence-corrected chi connectivity index (χ3v) is 8.69. The van der Waals surface area contributed by atoms with Crippen molar-refractivity contribution in [1.29, 1.82) is 0 Å². The fourth-order valence-electron chi connectivity index (χ4n) is 4.24. The summed E-state index contributed by atoms with van der Waals surface area (Å²) in [6.45, 7) is 1.80. The number of hydrogen-bond acceptors (Lipinski definition) is 7. The van der Waals surface area contributed by atoms with Crippen molar-refractivity contribution < 1.29 is 19.1 Å². The molecule has 1 atom stereocenters. The quantitative estimate of drug-likeness (QED) is 0.0972. The fourth-order valence-corrected chi connectivity index (χ4v) is 6.01. The number of amides is 3. The molecule has 11 heteroatoms. The largest absolute Gasteiger partial charge is 0.497 e. The second-order valence-corrected chi connectivity index (χ2v) is 12.6. The van der Waals surface area contributed by atoms with E-state index >= 15 is 0 Å². The molecule has 232 valence electrons. The van der Waals surface area contributed by atoms with Crippen LogP contribution in [-0.4, -0.2) is 35.1 Å². The van der Waals surface area contributed by atoms with Crippen molar-refractivity contribution in [3.05, 3.63) is 130 Å². The number of methoxy groups -OCH3 is 1. The Kier molecular flexibility index (Phi) is 10.9. The van der Waals surface area contributed by atoms with Crippen LogP contribution in [0.4, 0.5) is 10.8 Å². The number of hydrogen-bond donors (Lipinski definition) is 3. The molecule has 1 aromatic heterocycles. The molecule has 0 aliphatic heterocycles. The third-order valence-electron chi connectivity index (χ3n) is 6.58. The maximum atomic E-state index is 13.5. The maximum Gasteiger partial charge on any atom is 0.272 e. The van der Waals surface area contributed by atoms with Gasteiger partial charge in [-0.15, -0.1) is 23.1 Å². The Bertz CT molecular complexity index is 1880. The summed E-state index contributed by atoms with van der Waals surface area (Å²) in [6.07, 6.45) is 1.58. The second-order valence-electron chi connectivity index (χ2n) is 9.93. The summed E-state index contributed by atoms with van der Waals surface area (Å²) < 4.78 is 5.31. The van der Waals surface area contributed by atoms with Gasteiger partial charge in [0.25, 0.3) is 11.8 Å². The number of aromatic nitrogens is 1. The zero-order valence-corrected chi connectivity index (χ0v) is 27.2. The van der Waals surface area contributed by atoms with Crippen molar-refractivity contribution in [2.24, 2.45) is 0 Å². The van der Waals surface area contributed by atoms with Crippen molar-refractivity contribution in [1.82, 2.24) is 10.3 Å². The van der Waals surface area contributed by atoms with Gasteiger partial charge in [0.05, 0.1) is 18.1 Å². The molecule has 0 saturated heterocycles. The number of rotatable bonds is 11. The number of thiazole rings is 1. The van der Waals surface area contributed by atoms with E-state index in [1.165, 1.54) is 23.1 Å². The van der Waals surface area contributed by atoms with Gasteiger partial charge >= 0.3 is 0 Å². The number of nitrogens with zero attached hydrogens (tertiary/aromatic N) is 1. The minimum atomic E-state index is -0.514. The summed E-state index contributed by atoms with van der Waals surface area (Å²) >= 11 is 8.67. The Morgan fingerprint density at radius 3 is 2.43 bits per heavy atom. The van der Waals surface area contributed by atoms with Crippen LogP contribution in [0.2, 0.25) is 5.02 Å². The van der Waals surface area contributed by atoms with Crippen LogP contribution >= 0.6 is 34.7 Å². The van der Waals surface area contributed by atoms with E-state index in [1.54, 1.807) is 99.0 Å². The van der Waals surface area contributed by atoms with Gasteiger partial charge in [-0.25, -0.2) is 4.98 Å². The van der Waals surface area contributed by atoms with Gasteiger partial charge in [-0.05, 0) is 73.2 Å². The molecular weight excluding hydrogens is 640 g/mol. The molecule has 8 nitrogen and oxygen atoms in total. The molecule has 3 N–H and O–H groups in total. The average Bonchev–Trinajstić information content (AvgIpc) is 3.53. The van der Waals surface area contributed by atoms with E-state index in [0.29, 0.717) is 32.7 Å². The van der Waals surface area contributed by atoms with E-state index in [-0.39, 0.29) is 11.6 Å². The predicted molar refractivity (Wildman–Crippen MR) is 186 cm³/mol. The first-order chi connectivity index (χ1) is 22.3. The molecule has 46 heavy (non-hydrogen) atoms. The summed E-state index contributed by atoms with van der Waals surface area (Å²) in [7, 11) is 1.56. The maximum absolute atomic E-state index is 13.5. The lowest BCUT2D eigenvalue weighted by molar-refractivity contribution is -0.115. The molecular formula is C35H29ClN4O4S2. The Labute approximate surface area is 279 Å². The first kappa shape index (κ1) is 32.5. The van der Waals surface area contributed by atoms with E-state index in [1.807, 2.05) is 29.6 Å². The lowest BCUT2D eigenvalue weighted by Crippen LogP contribution is -2.30. The summed E-state index contributed by atoms with van der Waals surface area (Å²) in [5, 5.41) is 11.0. The van der Waals surface area contributed by atoms with Crippen molar-refractivity contribution in [2.45, 2.75) is 17.1 Å². The Hall–Kier alpha value is -4.90. The number of ether oxygens (including phenoxy) is 1. The van der Waals surface area contributed by atoms with Gasteiger partial charge in [0.2, 0.25) is 5.91 Å². The number of benzene rings is 4. The standard InChI is InChI=1S/C35H29ClN4O4S2/c1-22(32(41)40-35-39-31(21-45-35)24-14-16-26(36)17-15-24)46-29-13-7-11-27(20-29)37-34(43)30(19-23-8-6-12-28(18-23)44-2)38-33(42)25-9-4-3-5-10-25/h3-22H,1-2H3,(H,37,43)(H,38,42)(H,39,40,41)/b30-19-. The minimum Gasteiger partial charge on any atom is -0.497 e. The van der Waals surface area contributed by atoms with Crippen LogP contribution in [0.1, 0.15) is 22.8 Å². The Morgan fingerprint density at radius 2 is 1.67 bits per heavy atom. The van der Waals surface area contributed by atoms with Gasteiger partial charge in [0.1, 0.15) is 11.4 Å². The number of carbonyl (C=O) groups excluding carboxylic acids is 3. The molecule has 0 saturated carbocycles. The highest BCUT2D eigenvalue weighted by molar-refractivity contribution is 8.00. The average molecular weight is 669 g/mol. The molecule has 5 rings (SSSR count). The van der Waals surface area contributed by atoms with Gasteiger partial charge in [-0.2, -0.15) is 0 Å². The van der Waals surface area contributed by atoms with Crippen LogP contribution in [0, 0.1) is 0 Å². The van der Waals surface area contributed by atoms with E-state index in [2.05, 4.69) is 20.9 Å². The highest BCUT2D eigenvalue weighted by Crippen LogP contribution is 2.29. The van der Waals surface area contributed by atoms with Crippen molar-refractivity contribution in [3.63, 3.8) is 0 Å². The first-order valence-electron chi connectivity index (χ1n) is 14.1. The Morgan fingerprint density at radius 1 is 0.913 bits per heavy atom. The van der Waals surface area contributed by atoms with E-state index < -0.39 is 17.1 Å². The number of halogens is 1. The van der Waals surface area contributed by atoms with E-state index in [9.17, 15) is 14.4 Å². The SMILES string of the molecule is COc1cccc(/C=C(\NC(=O)c2ccccc2)C(=O)Nc2cccc(SC(C)C(=O)Nc3nc(-c4ccc(Cl)cc4)cs3)c2)c1.